The number of nitrogens with zero attached hydrogens (tertiary/aromatic N) is 2. The summed E-state index contributed by atoms with van der Waals surface area (Å²) in [6.07, 6.45) is 16.4. The van der Waals surface area contributed by atoms with E-state index in [1.165, 1.54) is 17.7 Å². The zero-order valence-electron chi connectivity index (χ0n) is 21.1. The highest BCUT2D eigenvalue weighted by Crippen LogP contribution is 2.40. The maximum atomic E-state index is 13.4. The number of hydrogen-bond acceptors (Lipinski definition) is 4. The molecule has 190 valence electrons. The van der Waals surface area contributed by atoms with Gasteiger partial charge in [0.05, 0.1) is 23.7 Å². The molecule has 2 heterocycles. The molecule has 0 radical (unpaired) electrons. The van der Waals surface area contributed by atoms with Gasteiger partial charge in [-0.3, -0.25) is 29.0 Å². The van der Waals surface area contributed by atoms with E-state index in [1.54, 1.807) is 4.90 Å². The maximum absolute atomic E-state index is 13.4. The Balaban J connectivity index is 1.35. The number of likely N-dealkylation sites (tertiary alicyclic amines) is 2. The summed E-state index contributed by atoms with van der Waals surface area (Å²) < 4.78 is 0. The summed E-state index contributed by atoms with van der Waals surface area (Å²) in [6.45, 7) is 2.66. The van der Waals surface area contributed by atoms with Crippen LogP contribution in [0.1, 0.15) is 116 Å². The van der Waals surface area contributed by atoms with Crippen LogP contribution in [-0.2, 0) is 19.2 Å². The van der Waals surface area contributed by atoms with Crippen LogP contribution in [0.5, 0.6) is 0 Å². The molecule has 0 aromatic rings. The van der Waals surface area contributed by atoms with Crippen molar-refractivity contribution < 1.29 is 19.2 Å². The van der Waals surface area contributed by atoms with Gasteiger partial charge in [-0.15, -0.1) is 0 Å². The Morgan fingerprint density at radius 1 is 0.618 bits per heavy atom. The van der Waals surface area contributed by atoms with Gasteiger partial charge < -0.3 is 0 Å². The molecule has 5 atom stereocenters. The molecular formula is C28H44N2O4. The number of rotatable bonds is 10. The van der Waals surface area contributed by atoms with Crippen molar-refractivity contribution in [2.75, 3.05) is 6.54 Å². The second-order valence-electron chi connectivity index (χ2n) is 11.2. The highest BCUT2D eigenvalue weighted by Gasteiger charge is 2.49. The van der Waals surface area contributed by atoms with Gasteiger partial charge in [-0.1, -0.05) is 64.7 Å². The van der Waals surface area contributed by atoms with E-state index >= 15 is 0 Å². The van der Waals surface area contributed by atoms with Crippen LogP contribution >= 0.6 is 0 Å². The normalized spacial score (nSPS) is 30.9. The fourth-order valence-corrected chi connectivity index (χ4v) is 7.04. The van der Waals surface area contributed by atoms with Crippen LogP contribution in [0.3, 0.4) is 0 Å². The topological polar surface area (TPSA) is 74.8 Å². The highest BCUT2D eigenvalue weighted by molar-refractivity contribution is 6.06. The minimum Gasteiger partial charge on any atom is -0.282 e. The van der Waals surface area contributed by atoms with E-state index in [1.807, 2.05) is 0 Å². The predicted molar refractivity (Wildman–Crippen MR) is 130 cm³/mol. The number of amides is 4. The quantitative estimate of drug-likeness (QED) is 0.322. The van der Waals surface area contributed by atoms with Gasteiger partial charge in [0.1, 0.15) is 0 Å². The molecule has 2 saturated carbocycles. The van der Waals surface area contributed by atoms with Gasteiger partial charge in [-0.05, 0) is 51.4 Å². The third-order valence-electron chi connectivity index (χ3n) is 8.98. The number of carbonyl (C=O) groups excluding carboxylic acids is 4. The molecule has 0 spiro atoms. The number of fused-ring (bicyclic) bond motifs is 2. The lowest BCUT2D eigenvalue weighted by molar-refractivity contribution is -0.143. The summed E-state index contributed by atoms with van der Waals surface area (Å²) in [5, 5.41) is 0. The fourth-order valence-electron chi connectivity index (χ4n) is 7.04. The third kappa shape index (κ3) is 5.26. The lowest BCUT2D eigenvalue weighted by Gasteiger charge is -2.27. The van der Waals surface area contributed by atoms with E-state index in [0.29, 0.717) is 6.54 Å². The number of imide groups is 2. The van der Waals surface area contributed by atoms with Gasteiger partial charge in [0.15, 0.2) is 0 Å². The smallest absolute Gasteiger partial charge is 0.233 e. The molecule has 2 aliphatic carbocycles. The molecule has 0 bridgehead atoms. The number of unbranched alkanes of at least 4 members (excludes halogenated alkanes) is 3. The minimum absolute atomic E-state index is 0.0348. The zero-order valence-corrected chi connectivity index (χ0v) is 21.1. The molecule has 0 aromatic heterocycles. The SMILES string of the molecule is CCCCCC(CCCCN1C(=O)C2CCCCC2C1=O)N1C(=O)C2CCCCCCC2C1=O. The van der Waals surface area contributed by atoms with Crippen molar-refractivity contribution in [3.05, 3.63) is 0 Å². The summed E-state index contributed by atoms with van der Waals surface area (Å²) in [5.41, 5.74) is 0. The Hall–Kier alpha value is -1.72. The molecule has 4 aliphatic rings. The molecule has 0 aromatic carbocycles. The second-order valence-corrected chi connectivity index (χ2v) is 11.2. The standard InChI is InChI=1S/C28H44N2O4/c1-2-3-6-13-20(30-27(33)23-15-7-4-5-8-16-24(23)28(30)34)14-11-12-19-29-25(31)21-17-9-10-18-22(21)26(29)32/h20-24H,2-19H2,1H3. The molecule has 2 aliphatic heterocycles. The Bertz CT molecular complexity index is 716. The molecule has 4 rings (SSSR count). The lowest BCUT2D eigenvalue weighted by atomic mass is 9.81. The second kappa shape index (κ2) is 11.8. The Kier molecular flexibility index (Phi) is 8.81. The molecule has 6 heteroatoms. The van der Waals surface area contributed by atoms with Crippen LogP contribution in [0.15, 0.2) is 0 Å². The Morgan fingerprint density at radius 3 is 1.56 bits per heavy atom. The van der Waals surface area contributed by atoms with Crippen LogP contribution in [-0.4, -0.2) is 46.0 Å². The van der Waals surface area contributed by atoms with Gasteiger partial charge in [0.25, 0.3) is 0 Å². The molecule has 34 heavy (non-hydrogen) atoms. The average molecular weight is 473 g/mol. The highest BCUT2D eigenvalue weighted by atomic mass is 16.2. The monoisotopic (exact) mass is 472 g/mol. The first-order valence-corrected chi connectivity index (χ1v) is 14.3. The summed E-state index contributed by atoms with van der Waals surface area (Å²) in [7, 11) is 0. The van der Waals surface area contributed by atoms with Crippen LogP contribution in [0.25, 0.3) is 0 Å². The van der Waals surface area contributed by atoms with Crippen molar-refractivity contribution in [2.24, 2.45) is 23.7 Å². The molecular weight excluding hydrogens is 428 g/mol. The first-order valence-electron chi connectivity index (χ1n) is 14.3. The molecule has 2 saturated heterocycles. The molecule has 4 amide bonds. The van der Waals surface area contributed by atoms with Gasteiger partial charge in [0, 0.05) is 12.6 Å². The predicted octanol–water partition coefficient (Wildman–Crippen LogP) is 5.24. The van der Waals surface area contributed by atoms with Gasteiger partial charge in [-0.2, -0.15) is 0 Å². The van der Waals surface area contributed by atoms with E-state index in [4.69, 9.17) is 0 Å². The zero-order chi connectivity index (χ0) is 24.1. The Labute approximate surface area is 205 Å². The van der Waals surface area contributed by atoms with E-state index in [9.17, 15) is 19.2 Å². The van der Waals surface area contributed by atoms with Gasteiger partial charge in [-0.25, -0.2) is 0 Å². The van der Waals surface area contributed by atoms with Crippen LogP contribution in [0.2, 0.25) is 0 Å². The summed E-state index contributed by atoms with van der Waals surface area (Å²) in [4.78, 5) is 55.4. The summed E-state index contributed by atoms with van der Waals surface area (Å²) in [6, 6.07) is -0.0348. The van der Waals surface area contributed by atoms with Crippen LogP contribution < -0.4 is 0 Å². The maximum Gasteiger partial charge on any atom is 0.233 e. The van der Waals surface area contributed by atoms with E-state index in [2.05, 4.69) is 6.92 Å². The third-order valence-corrected chi connectivity index (χ3v) is 8.98. The summed E-state index contributed by atoms with van der Waals surface area (Å²) in [5.74, 6) is -0.154. The molecule has 6 nitrogen and oxygen atoms in total. The first-order chi connectivity index (χ1) is 16.5. The van der Waals surface area contributed by atoms with E-state index in [0.717, 1.165) is 96.3 Å². The minimum atomic E-state index is -0.107. The summed E-state index contributed by atoms with van der Waals surface area (Å²) >= 11 is 0. The average Bonchev–Trinajstić information content (AvgIpc) is 3.19. The Morgan fingerprint density at radius 2 is 1.06 bits per heavy atom. The fraction of sp³-hybridized carbons (Fsp3) is 0.857. The van der Waals surface area contributed by atoms with E-state index in [-0.39, 0.29) is 53.3 Å². The van der Waals surface area contributed by atoms with Crippen molar-refractivity contribution in [2.45, 2.75) is 122 Å². The van der Waals surface area contributed by atoms with Gasteiger partial charge in [0.2, 0.25) is 23.6 Å². The number of carbonyl (C=O) groups is 4. The molecule has 4 fully saturated rings. The van der Waals surface area contributed by atoms with Crippen LogP contribution in [0.4, 0.5) is 0 Å². The molecule has 5 unspecified atom stereocenters. The van der Waals surface area contributed by atoms with Crippen molar-refractivity contribution in [3.8, 4) is 0 Å². The molecule has 0 N–H and O–H groups in total. The van der Waals surface area contributed by atoms with Crippen molar-refractivity contribution >= 4 is 23.6 Å². The first kappa shape index (κ1) is 25.4. The van der Waals surface area contributed by atoms with E-state index < -0.39 is 0 Å². The largest absolute Gasteiger partial charge is 0.282 e. The van der Waals surface area contributed by atoms with Crippen molar-refractivity contribution in [3.63, 3.8) is 0 Å². The lowest BCUT2D eigenvalue weighted by Crippen LogP contribution is -2.41. The van der Waals surface area contributed by atoms with Gasteiger partial charge >= 0.3 is 0 Å². The number of hydrogen-bond donors (Lipinski definition) is 0. The van der Waals surface area contributed by atoms with Crippen molar-refractivity contribution in [1.29, 1.82) is 0 Å². The van der Waals surface area contributed by atoms with Crippen LogP contribution in [0, 0.1) is 23.7 Å². The van der Waals surface area contributed by atoms with Crippen molar-refractivity contribution in [1.82, 2.24) is 9.80 Å².